The number of hydrogen-bond donors (Lipinski definition) is 0. The molecule has 13 heavy (non-hydrogen) atoms. The molecule has 72 valence electrons. The summed E-state index contributed by atoms with van der Waals surface area (Å²) < 4.78 is 16.2. The number of aromatic nitrogens is 2. The summed E-state index contributed by atoms with van der Waals surface area (Å²) >= 11 is 2.18. The summed E-state index contributed by atoms with van der Waals surface area (Å²) in [6, 6.07) is -0.103. The molecule has 1 aliphatic rings. The monoisotopic (exact) mass is 295 g/mol. The maximum Gasteiger partial charge on any atom is 0.136 e. The zero-order chi connectivity index (χ0) is 9.42. The van der Waals surface area contributed by atoms with Gasteiger partial charge in [0.05, 0.1) is 15.8 Å². The highest BCUT2D eigenvalue weighted by Gasteiger charge is 2.32. The third kappa shape index (κ3) is 1.85. The second-order valence-corrected chi connectivity index (χ2v) is 4.69. The first kappa shape index (κ1) is 9.39. The molecular weight excluding hydrogens is 284 g/mol. The van der Waals surface area contributed by atoms with Crippen LogP contribution in [0.15, 0.2) is 12.4 Å². The Bertz CT molecular complexity index is 301. The number of halogens is 2. The van der Waals surface area contributed by atoms with Gasteiger partial charge in [-0.2, -0.15) is 5.10 Å². The van der Waals surface area contributed by atoms with Crippen molar-refractivity contribution in [2.45, 2.75) is 12.2 Å². The van der Waals surface area contributed by atoms with Gasteiger partial charge in [0.25, 0.3) is 0 Å². The van der Waals surface area contributed by atoms with E-state index >= 15 is 0 Å². The van der Waals surface area contributed by atoms with Crippen LogP contribution in [0.5, 0.6) is 0 Å². The maximum absolute atomic E-state index is 13.4. The molecule has 0 N–H and O–H groups in total. The van der Waals surface area contributed by atoms with Gasteiger partial charge in [-0.15, -0.1) is 0 Å². The predicted octanol–water partition coefficient (Wildman–Crippen LogP) is 1.31. The van der Waals surface area contributed by atoms with Crippen LogP contribution in [0.4, 0.5) is 4.39 Å². The largest absolute Gasteiger partial charge is 0.301 e. The van der Waals surface area contributed by atoms with Gasteiger partial charge in [0.2, 0.25) is 0 Å². The van der Waals surface area contributed by atoms with E-state index in [1.165, 1.54) is 0 Å². The third-order valence-electron chi connectivity index (χ3n) is 2.31. The maximum atomic E-state index is 13.4. The Balaban J connectivity index is 2.17. The van der Waals surface area contributed by atoms with Gasteiger partial charge in [-0.1, -0.05) is 0 Å². The molecule has 1 aromatic rings. The zero-order valence-electron chi connectivity index (χ0n) is 7.32. The minimum atomic E-state index is -0.791. The lowest BCUT2D eigenvalue weighted by Crippen LogP contribution is -2.19. The average Bonchev–Trinajstić information content (AvgIpc) is 2.58. The summed E-state index contributed by atoms with van der Waals surface area (Å²) in [5.74, 6) is 0. The standard InChI is InChI=1S/C8H11FIN3/c1-12-4-7(9)8(5-12)13-3-6(10)2-11-13/h2-3,7-8H,4-5H2,1H3. The van der Waals surface area contributed by atoms with Crippen molar-refractivity contribution >= 4 is 22.6 Å². The van der Waals surface area contributed by atoms with Crippen LogP contribution in [0, 0.1) is 3.57 Å². The molecule has 0 aliphatic carbocycles. The Morgan fingerprint density at radius 1 is 1.62 bits per heavy atom. The van der Waals surface area contributed by atoms with Crippen LogP contribution >= 0.6 is 22.6 Å². The molecule has 2 rings (SSSR count). The summed E-state index contributed by atoms with van der Waals surface area (Å²) in [5, 5.41) is 4.13. The first-order valence-electron chi connectivity index (χ1n) is 4.19. The Hall–Kier alpha value is -0.170. The second-order valence-electron chi connectivity index (χ2n) is 3.44. The fraction of sp³-hybridized carbons (Fsp3) is 0.625. The Morgan fingerprint density at radius 3 is 2.85 bits per heavy atom. The minimum absolute atomic E-state index is 0.103. The molecule has 0 amide bonds. The number of hydrogen-bond acceptors (Lipinski definition) is 2. The van der Waals surface area contributed by atoms with Crippen LogP contribution in [-0.4, -0.2) is 41.0 Å². The number of likely N-dealkylation sites (tertiary alicyclic amines) is 1. The predicted molar refractivity (Wildman–Crippen MR) is 56.4 cm³/mol. The number of alkyl halides is 1. The molecule has 2 heterocycles. The quantitative estimate of drug-likeness (QED) is 0.729. The smallest absolute Gasteiger partial charge is 0.136 e. The van der Waals surface area contributed by atoms with E-state index in [-0.39, 0.29) is 6.04 Å². The summed E-state index contributed by atoms with van der Waals surface area (Å²) in [4.78, 5) is 1.99. The van der Waals surface area contributed by atoms with Crippen molar-refractivity contribution in [3.05, 3.63) is 16.0 Å². The SMILES string of the molecule is CN1CC(F)C(n2cc(I)cn2)C1. The first-order valence-corrected chi connectivity index (χ1v) is 5.27. The van der Waals surface area contributed by atoms with Crippen molar-refractivity contribution in [1.82, 2.24) is 14.7 Å². The van der Waals surface area contributed by atoms with Gasteiger partial charge in [0.1, 0.15) is 6.17 Å². The van der Waals surface area contributed by atoms with Crippen LogP contribution in [0.1, 0.15) is 6.04 Å². The molecule has 0 bridgehead atoms. The van der Waals surface area contributed by atoms with Gasteiger partial charge in [0.15, 0.2) is 0 Å². The van der Waals surface area contributed by atoms with Gasteiger partial charge in [0, 0.05) is 19.3 Å². The van der Waals surface area contributed by atoms with Crippen LogP contribution in [0.3, 0.4) is 0 Å². The van der Waals surface area contributed by atoms with E-state index in [0.29, 0.717) is 6.54 Å². The minimum Gasteiger partial charge on any atom is -0.301 e. The van der Waals surface area contributed by atoms with Crippen molar-refractivity contribution in [2.75, 3.05) is 20.1 Å². The lowest BCUT2D eigenvalue weighted by atomic mass is 10.2. The molecule has 0 spiro atoms. The summed E-state index contributed by atoms with van der Waals surface area (Å²) in [6.45, 7) is 1.26. The van der Waals surface area contributed by atoms with Crippen LogP contribution in [0.2, 0.25) is 0 Å². The van der Waals surface area contributed by atoms with E-state index in [2.05, 4.69) is 27.7 Å². The topological polar surface area (TPSA) is 21.1 Å². The molecule has 0 radical (unpaired) electrons. The summed E-state index contributed by atoms with van der Waals surface area (Å²) in [6.07, 6.45) is 2.85. The van der Waals surface area contributed by atoms with Crippen molar-refractivity contribution in [1.29, 1.82) is 0 Å². The normalized spacial score (nSPS) is 29.8. The number of nitrogens with zero attached hydrogens (tertiary/aromatic N) is 3. The fourth-order valence-corrected chi connectivity index (χ4v) is 2.08. The average molecular weight is 295 g/mol. The molecule has 3 nitrogen and oxygen atoms in total. The van der Waals surface area contributed by atoms with E-state index < -0.39 is 6.17 Å². The summed E-state index contributed by atoms with van der Waals surface area (Å²) in [7, 11) is 1.93. The molecule has 5 heteroatoms. The van der Waals surface area contributed by atoms with E-state index in [9.17, 15) is 4.39 Å². The summed E-state index contributed by atoms with van der Waals surface area (Å²) in [5.41, 5.74) is 0. The van der Waals surface area contributed by atoms with Crippen LogP contribution in [0.25, 0.3) is 0 Å². The molecule has 0 saturated carbocycles. The van der Waals surface area contributed by atoms with E-state index in [4.69, 9.17) is 0 Å². The fourth-order valence-electron chi connectivity index (χ4n) is 1.67. The third-order valence-corrected chi connectivity index (χ3v) is 2.87. The Morgan fingerprint density at radius 2 is 2.38 bits per heavy atom. The number of likely N-dealkylation sites (N-methyl/N-ethyl adjacent to an activating group) is 1. The zero-order valence-corrected chi connectivity index (χ0v) is 9.48. The van der Waals surface area contributed by atoms with E-state index in [1.54, 1.807) is 10.9 Å². The highest BCUT2D eigenvalue weighted by Crippen LogP contribution is 2.23. The lowest BCUT2D eigenvalue weighted by Gasteiger charge is -2.11. The molecule has 1 fully saturated rings. The highest BCUT2D eigenvalue weighted by atomic mass is 127. The lowest BCUT2D eigenvalue weighted by molar-refractivity contribution is 0.267. The van der Waals surface area contributed by atoms with Gasteiger partial charge < -0.3 is 4.90 Å². The van der Waals surface area contributed by atoms with E-state index in [0.717, 1.165) is 10.1 Å². The molecule has 0 aromatic carbocycles. The van der Waals surface area contributed by atoms with Gasteiger partial charge in [-0.3, -0.25) is 4.68 Å². The van der Waals surface area contributed by atoms with Gasteiger partial charge >= 0.3 is 0 Å². The molecule has 1 saturated heterocycles. The molecule has 2 unspecified atom stereocenters. The second kappa shape index (κ2) is 3.53. The van der Waals surface area contributed by atoms with E-state index in [1.807, 2.05) is 18.1 Å². The number of rotatable bonds is 1. The molecule has 1 aromatic heterocycles. The van der Waals surface area contributed by atoms with Crippen molar-refractivity contribution in [3.8, 4) is 0 Å². The van der Waals surface area contributed by atoms with Crippen LogP contribution < -0.4 is 0 Å². The van der Waals surface area contributed by atoms with Gasteiger partial charge in [-0.05, 0) is 29.6 Å². The van der Waals surface area contributed by atoms with Crippen molar-refractivity contribution in [2.24, 2.45) is 0 Å². The van der Waals surface area contributed by atoms with Crippen LogP contribution in [-0.2, 0) is 0 Å². The highest BCUT2D eigenvalue weighted by molar-refractivity contribution is 14.1. The first-order chi connectivity index (χ1) is 6.16. The molecular formula is C8H11FIN3. The van der Waals surface area contributed by atoms with Crippen molar-refractivity contribution in [3.63, 3.8) is 0 Å². The molecule has 1 aliphatic heterocycles. The van der Waals surface area contributed by atoms with Crippen molar-refractivity contribution < 1.29 is 4.39 Å². The molecule has 2 atom stereocenters. The Labute approximate surface area is 90.0 Å². The van der Waals surface area contributed by atoms with Gasteiger partial charge in [-0.25, -0.2) is 4.39 Å². The Kier molecular flexibility index (Phi) is 2.55.